The number of ether oxygens (including phenoxy) is 2. The first kappa shape index (κ1) is 28.0. The molecule has 0 radical (unpaired) electrons. The molecule has 1 aromatic heterocycles. The van der Waals surface area contributed by atoms with Gasteiger partial charge in [0.1, 0.15) is 35.6 Å². The summed E-state index contributed by atoms with van der Waals surface area (Å²) in [6.07, 6.45) is 3.00. The quantitative estimate of drug-likeness (QED) is 0.503. The molecule has 2 fully saturated rings. The van der Waals surface area contributed by atoms with Crippen LogP contribution in [0.4, 0.5) is 13.2 Å². The van der Waals surface area contributed by atoms with Gasteiger partial charge in [0.2, 0.25) is 0 Å². The van der Waals surface area contributed by atoms with Crippen molar-refractivity contribution in [3.63, 3.8) is 0 Å². The Kier molecular flexibility index (Phi) is 8.01. The van der Waals surface area contributed by atoms with E-state index in [9.17, 15) is 23.4 Å². The molecule has 1 saturated carbocycles. The van der Waals surface area contributed by atoms with E-state index in [4.69, 9.17) is 14.3 Å². The third-order valence-corrected chi connectivity index (χ3v) is 8.55. The molecule has 0 unspecified atom stereocenters. The molecule has 5 rings (SSSR count). The number of aromatic nitrogens is 3. The number of nitrogens with zero attached hydrogens (tertiary/aromatic N) is 4. The molecule has 0 amide bonds. The number of rotatable bonds is 7. The summed E-state index contributed by atoms with van der Waals surface area (Å²) in [5, 5.41) is 33.5. The fourth-order valence-electron chi connectivity index (χ4n) is 6.23. The first-order valence-corrected chi connectivity index (χ1v) is 13.4. The second-order valence-electron chi connectivity index (χ2n) is 11.3. The molecule has 1 saturated heterocycles. The lowest BCUT2D eigenvalue weighted by atomic mass is 9.72. The van der Waals surface area contributed by atoms with Crippen molar-refractivity contribution < 1.29 is 37.7 Å². The van der Waals surface area contributed by atoms with Crippen LogP contribution in [0, 0.1) is 29.3 Å². The Hall–Kier alpha value is -2.54. The lowest BCUT2D eigenvalue weighted by molar-refractivity contribution is -0.210. The Bertz CT molecular complexity index is 1180. The van der Waals surface area contributed by atoms with E-state index in [0.29, 0.717) is 24.7 Å². The van der Waals surface area contributed by atoms with E-state index in [-0.39, 0.29) is 16.9 Å². The molecular weight excluding hydrogens is 517 g/mol. The number of methoxy groups -OCH3 is 1. The minimum Gasteiger partial charge on any atom is -0.394 e. The average Bonchev–Trinajstić information content (AvgIpc) is 3.55. The number of halogens is 3. The number of benzene rings is 1. The molecule has 1 aliphatic carbocycles. The molecule has 1 spiro atoms. The van der Waals surface area contributed by atoms with Crippen LogP contribution in [0.15, 0.2) is 23.5 Å². The fraction of sp³-hybridized carbons (Fsp3) is 0.667. The van der Waals surface area contributed by atoms with E-state index in [1.807, 2.05) is 0 Å². The van der Waals surface area contributed by atoms with Gasteiger partial charge in [-0.3, -0.25) is 0 Å². The van der Waals surface area contributed by atoms with Crippen molar-refractivity contribution in [1.29, 1.82) is 0 Å². The van der Waals surface area contributed by atoms with Crippen LogP contribution in [0.2, 0.25) is 0 Å². The normalized spacial score (nSPS) is 33.0. The van der Waals surface area contributed by atoms with Crippen molar-refractivity contribution in [2.24, 2.45) is 17.0 Å². The van der Waals surface area contributed by atoms with Crippen molar-refractivity contribution in [3.8, 4) is 11.3 Å². The Morgan fingerprint density at radius 1 is 1.15 bits per heavy atom. The molecule has 2 N–H and O–H groups in total. The van der Waals surface area contributed by atoms with E-state index in [1.54, 1.807) is 0 Å². The van der Waals surface area contributed by atoms with Gasteiger partial charge in [-0.25, -0.2) is 17.9 Å². The van der Waals surface area contributed by atoms with Crippen LogP contribution in [-0.2, 0) is 14.3 Å². The second-order valence-corrected chi connectivity index (χ2v) is 11.3. The van der Waals surface area contributed by atoms with Gasteiger partial charge in [-0.1, -0.05) is 24.2 Å². The molecule has 2 aromatic rings. The Morgan fingerprint density at radius 2 is 1.85 bits per heavy atom. The van der Waals surface area contributed by atoms with Gasteiger partial charge in [-0.15, -0.1) is 5.10 Å². The first-order valence-electron chi connectivity index (χ1n) is 13.4. The monoisotopic (exact) mass is 552 g/mol. The number of oxime groups is 1. The molecule has 3 heterocycles. The van der Waals surface area contributed by atoms with E-state index in [0.717, 1.165) is 43.5 Å². The van der Waals surface area contributed by atoms with Crippen molar-refractivity contribution in [2.45, 2.75) is 88.4 Å². The summed E-state index contributed by atoms with van der Waals surface area (Å²) in [6, 6.07) is 0.798. The SMILES string of the molecule is CO[C@@H]1[C@@H](n2cc(-c3cc(F)c(F)c(F)c3)nn2)[C@@H](O)[C@@H](CO)O[C@@H]1CC1=NOC2(CCC(C(C)C)CC2)C1. The van der Waals surface area contributed by atoms with Crippen LogP contribution >= 0.6 is 0 Å². The zero-order chi connectivity index (χ0) is 27.9. The van der Waals surface area contributed by atoms with Crippen molar-refractivity contribution >= 4 is 5.71 Å². The molecule has 0 bridgehead atoms. The highest BCUT2D eigenvalue weighted by Gasteiger charge is 2.49. The number of aliphatic hydroxyl groups excluding tert-OH is 2. The molecule has 39 heavy (non-hydrogen) atoms. The zero-order valence-electron chi connectivity index (χ0n) is 22.3. The highest BCUT2D eigenvalue weighted by Crippen LogP contribution is 2.44. The molecule has 2 aliphatic heterocycles. The minimum absolute atomic E-state index is 0.0154. The Labute approximate surface area is 224 Å². The van der Waals surface area contributed by atoms with E-state index >= 15 is 0 Å². The van der Waals surface area contributed by atoms with E-state index < -0.39 is 54.5 Å². The maximum Gasteiger partial charge on any atom is 0.194 e. The van der Waals surface area contributed by atoms with Crippen molar-refractivity contribution in [3.05, 3.63) is 35.8 Å². The van der Waals surface area contributed by atoms with Gasteiger partial charge in [0.05, 0.1) is 24.6 Å². The topological polar surface area (TPSA) is 111 Å². The number of hydrogen-bond donors (Lipinski definition) is 2. The summed E-state index contributed by atoms with van der Waals surface area (Å²) in [6.45, 7) is 4.05. The summed E-state index contributed by atoms with van der Waals surface area (Å²) in [5.41, 5.74) is 0.589. The van der Waals surface area contributed by atoms with Gasteiger partial charge < -0.3 is 24.5 Å². The number of aliphatic hydroxyl groups is 2. The minimum atomic E-state index is -1.58. The predicted octanol–water partition coefficient (Wildman–Crippen LogP) is 3.79. The zero-order valence-corrected chi connectivity index (χ0v) is 22.3. The Balaban J connectivity index is 1.34. The standard InChI is InChI=1S/C27H35F3N4O5/c1-14(2)15-4-6-27(7-5-15)11-17(32-39-27)10-21-26(37-3)24(25(36)22(13-35)38-21)34-12-20(31-33-34)16-8-18(28)23(30)19(29)9-16/h8-9,12,14-15,21-22,24-26,35-36H,4-7,10-11,13H2,1-3H3/t15?,21-,22-,24+,25+,26+,27?/m1/s1. The summed E-state index contributed by atoms with van der Waals surface area (Å²) in [4.78, 5) is 5.98. The van der Waals surface area contributed by atoms with Gasteiger partial charge >= 0.3 is 0 Å². The van der Waals surface area contributed by atoms with Gasteiger partial charge in [-0.05, 0) is 49.7 Å². The van der Waals surface area contributed by atoms with Crippen LogP contribution in [0.3, 0.4) is 0 Å². The molecule has 12 heteroatoms. The van der Waals surface area contributed by atoms with Crippen LogP contribution < -0.4 is 0 Å². The van der Waals surface area contributed by atoms with Gasteiger partial charge in [0.25, 0.3) is 0 Å². The molecule has 3 aliphatic rings. The highest BCUT2D eigenvalue weighted by molar-refractivity contribution is 5.86. The summed E-state index contributed by atoms with van der Waals surface area (Å²) in [5.74, 6) is -2.95. The molecule has 5 atom stereocenters. The van der Waals surface area contributed by atoms with E-state index in [2.05, 4.69) is 29.3 Å². The van der Waals surface area contributed by atoms with Crippen LogP contribution in [0.5, 0.6) is 0 Å². The molecule has 9 nitrogen and oxygen atoms in total. The lowest BCUT2D eigenvalue weighted by Gasteiger charge is -2.43. The maximum absolute atomic E-state index is 13.8. The Morgan fingerprint density at radius 3 is 2.46 bits per heavy atom. The van der Waals surface area contributed by atoms with Crippen LogP contribution in [0.1, 0.15) is 58.4 Å². The molecule has 214 valence electrons. The third kappa shape index (κ3) is 5.44. The summed E-state index contributed by atoms with van der Waals surface area (Å²) < 4.78 is 54.2. The van der Waals surface area contributed by atoms with Crippen molar-refractivity contribution in [2.75, 3.05) is 13.7 Å². The highest BCUT2D eigenvalue weighted by atomic mass is 19.2. The average molecular weight is 553 g/mol. The largest absolute Gasteiger partial charge is 0.394 e. The lowest BCUT2D eigenvalue weighted by Crippen LogP contribution is -2.57. The maximum atomic E-state index is 13.8. The van der Waals surface area contributed by atoms with Crippen molar-refractivity contribution in [1.82, 2.24) is 15.0 Å². The van der Waals surface area contributed by atoms with Gasteiger partial charge in [-0.2, -0.15) is 0 Å². The summed E-state index contributed by atoms with van der Waals surface area (Å²) in [7, 11) is 1.48. The fourth-order valence-corrected chi connectivity index (χ4v) is 6.23. The molecule has 1 aromatic carbocycles. The second kappa shape index (κ2) is 11.1. The smallest absolute Gasteiger partial charge is 0.194 e. The summed E-state index contributed by atoms with van der Waals surface area (Å²) >= 11 is 0. The van der Waals surface area contributed by atoms with Gasteiger partial charge in [0, 0.05) is 25.5 Å². The van der Waals surface area contributed by atoms with Gasteiger partial charge in [0.15, 0.2) is 17.5 Å². The van der Waals surface area contributed by atoms with Crippen LogP contribution in [-0.4, -0.2) is 74.7 Å². The third-order valence-electron chi connectivity index (χ3n) is 8.55. The first-order chi connectivity index (χ1) is 18.6. The number of hydrogen-bond acceptors (Lipinski definition) is 8. The van der Waals surface area contributed by atoms with E-state index in [1.165, 1.54) is 18.0 Å². The predicted molar refractivity (Wildman–Crippen MR) is 134 cm³/mol. The molecular formula is C27H35F3N4O5. The van der Waals surface area contributed by atoms with Crippen LogP contribution in [0.25, 0.3) is 11.3 Å².